The Morgan fingerprint density at radius 2 is 2.04 bits per heavy atom. The molecule has 0 fully saturated rings. The minimum Gasteiger partial charge on any atom is -0.349 e. The molecule has 1 aromatic heterocycles. The van der Waals surface area contributed by atoms with Gasteiger partial charge in [-0.15, -0.1) is 0 Å². The minimum atomic E-state index is -0.662. The van der Waals surface area contributed by atoms with Crippen LogP contribution in [0.25, 0.3) is 0 Å². The van der Waals surface area contributed by atoms with Gasteiger partial charge in [0.15, 0.2) is 0 Å². The zero-order valence-corrected chi connectivity index (χ0v) is 16.5. The van der Waals surface area contributed by atoms with E-state index in [0.717, 1.165) is 11.4 Å². The smallest absolute Gasteiger partial charge is 0.253 e. The van der Waals surface area contributed by atoms with Gasteiger partial charge in [-0.1, -0.05) is 29.3 Å². The molecule has 1 heterocycles. The van der Waals surface area contributed by atoms with Crippen molar-refractivity contribution < 1.29 is 9.59 Å². The minimum absolute atomic E-state index is 0.243. The highest BCUT2D eigenvalue weighted by molar-refractivity contribution is 7.98. The predicted molar refractivity (Wildman–Crippen MR) is 107 cm³/mol. The maximum Gasteiger partial charge on any atom is 0.253 e. The zero-order valence-electron chi connectivity index (χ0n) is 14.2. The Hall–Kier alpha value is -1.76. The van der Waals surface area contributed by atoms with Crippen LogP contribution in [-0.2, 0) is 11.3 Å². The van der Waals surface area contributed by atoms with E-state index in [0.29, 0.717) is 18.0 Å². The molecule has 0 aliphatic rings. The summed E-state index contributed by atoms with van der Waals surface area (Å²) in [7, 11) is 0. The number of carbonyl (C=O) groups excluding carboxylic acids is 2. The molecular weight excluding hydrogens is 393 g/mol. The van der Waals surface area contributed by atoms with Crippen molar-refractivity contribution in [2.75, 3.05) is 12.0 Å². The van der Waals surface area contributed by atoms with Crippen LogP contribution in [0.15, 0.2) is 42.6 Å². The molecule has 8 heteroatoms. The standard InChI is InChI=1S/C18H19Cl2N3O2S/c1-26-9-7-16(18(25)22-11-13-4-2-3-8-21-13)23-17(24)14-6-5-12(19)10-15(14)20/h2-6,8,10,16H,7,9,11H2,1H3,(H,22,25)(H,23,24)/t16-/m1/s1. The quantitative estimate of drug-likeness (QED) is 0.696. The van der Waals surface area contributed by atoms with Gasteiger partial charge < -0.3 is 10.6 Å². The first-order valence-electron chi connectivity index (χ1n) is 7.93. The number of hydrogen-bond acceptors (Lipinski definition) is 4. The number of nitrogens with zero attached hydrogens (tertiary/aromatic N) is 1. The third-order valence-electron chi connectivity index (χ3n) is 3.58. The van der Waals surface area contributed by atoms with E-state index in [-0.39, 0.29) is 16.5 Å². The highest BCUT2D eigenvalue weighted by Crippen LogP contribution is 2.21. The lowest BCUT2D eigenvalue weighted by molar-refractivity contribution is -0.123. The second-order valence-corrected chi connectivity index (χ2v) is 7.30. The van der Waals surface area contributed by atoms with Crippen LogP contribution in [0.1, 0.15) is 22.5 Å². The highest BCUT2D eigenvalue weighted by atomic mass is 35.5. The van der Waals surface area contributed by atoms with Gasteiger partial charge in [-0.25, -0.2) is 0 Å². The van der Waals surface area contributed by atoms with Crippen molar-refractivity contribution in [1.29, 1.82) is 0 Å². The monoisotopic (exact) mass is 411 g/mol. The second-order valence-electron chi connectivity index (χ2n) is 5.47. The average molecular weight is 412 g/mol. The maximum atomic E-state index is 12.5. The fraction of sp³-hybridized carbons (Fsp3) is 0.278. The zero-order chi connectivity index (χ0) is 18.9. The number of carbonyl (C=O) groups is 2. The van der Waals surface area contributed by atoms with Crippen molar-refractivity contribution in [3.8, 4) is 0 Å². The Kier molecular flexibility index (Phi) is 8.22. The first-order valence-corrected chi connectivity index (χ1v) is 10.1. The number of rotatable bonds is 8. The number of hydrogen-bond donors (Lipinski definition) is 2. The summed E-state index contributed by atoms with van der Waals surface area (Å²) in [6, 6.07) is 9.44. The fourth-order valence-corrected chi connectivity index (χ4v) is 3.18. The fourth-order valence-electron chi connectivity index (χ4n) is 2.22. The van der Waals surface area contributed by atoms with E-state index in [1.807, 2.05) is 24.5 Å². The van der Waals surface area contributed by atoms with Gasteiger partial charge in [0.2, 0.25) is 5.91 Å². The third kappa shape index (κ3) is 6.20. The number of pyridine rings is 1. The van der Waals surface area contributed by atoms with Crippen molar-refractivity contribution in [1.82, 2.24) is 15.6 Å². The largest absolute Gasteiger partial charge is 0.349 e. The molecule has 0 aliphatic carbocycles. The molecule has 2 N–H and O–H groups in total. The molecule has 26 heavy (non-hydrogen) atoms. The summed E-state index contributed by atoms with van der Waals surface area (Å²) in [5.41, 5.74) is 1.03. The topological polar surface area (TPSA) is 71.1 Å². The van der Waals surface area contributed by atoms with Gasteiger partial charge in [-0.2, -0.15) is 11.8 Å². The third-order valence-corrected chi connectivity index (χ3v) is 4.77. The predicted octanol–water partition coefficient (Wildman–Crippen LogP) is 3.56. The normalized spacial score (nSPS) is 11.7. The number of nitrogens with one attached hydrogen (secondary N) is 2. The lowest BCUT2D eigenvalue weighted by Gasteiger charge is -2.18. The van der Waals surface area contributed by atoms with E-state index in [4.69, 9.17) is 23.2 Å². The van der Waals surface area contributed by atoms with Gasteiger partial charge in [0, 0.05) is 11.2 Å². The molecule has 0 bridgehead atoms. The number of benzene rings is 1. The SMILES string of the molecule is CSCC[C@@H](NC(=O)c1ccc(Cl)cc1Cl)C(=O)NCc1ccccn1. The Bertz CT molecular complexity index is 759. The maximum absolute atomic E-state index is 12.5. The number of amides is 2. The molecule has 0 radical (unpaired) electrons. The van der Waals surface area contributed by atoms with Crippen LogP contribution in [0.2, 0.25) is 10.0 Å². The molecule has 138 valence electrons. The lowest BCUT2D eigenvalue weighted by atomic mass is 10.1. The molecule has 1 aromatic carbocycles. The Morgan fingerprint density at radius 3 is 2.69 bits per heavy atom. The van der Waals surface area contributed by atoms with Gasteiger partial charge in [0.05, 0.1) is 22.8 Å². The first-order chi connectivity index (χ1) is 12.5. The Labute approximate surface area is 166 Å². The number of halogens is 2. The van der Waals surface area contributed by atoms with Crippen LogP contribution in [0.5, 0.6) is 0 Å². The van der Waals surface area contributed by atoms with E-state index in [1.54, 1.807) is 24.0 Å². The molecule has 0 saturated heterocycles. The molecule has 2 rings (SSSR count). The molecule has 5 nitrogen and oxygen atoms in total. The summed E-state index contributed by atoms with van der Waals surface area (Å²) in [4.78, 5) is 29.2. The van der Waals surface area contributed by atoms with Gasteiger partial charge in [0.1, 0.15) is 6.04 Å². The number of aromatic nitrogens is 1. The summed E-state index contributed by atoms with van der Waals surface area (Å²) in [6.07, 6.45) is 4.11. The van der Waals surface area contributed by atoms with Crippen LogP contribution >= 0.6 is 35.0 Å². The molecule has 0 spiro atoms. The van der Waals surface area contributed by atoms with Crippen LogP contribution in [0.3, 0.4) is 0 Å². The van der Waals surface area contributed by atoms with Gasteiger partial charge in [-0.05, 0) is 48.8 Å². The summed E-state index contributed by atoms with van der Waals surface area (Å²) in [6.45, 7) is 0.299. The second kappa shape index (κ2) is 10.4. The van der Waals surface area contributed by atoms with Crippen molar-refractivity contribution in [3.05, 3.63) is 63.9 Å². The van der Waals surface area contributed by atoms with Gasteiger partial charge in [-0.3, -0.25) is 14.6 Å². The summed E-state index contributed by atoms with van der Waals surface area (Å²) in [5, 5.41) is 6.25. The van der Waals surface area contributed by atoms with E-state index < -0.39 is 11.9 Å². The van der Waals surface area contributed by atoms with Gasteiger partial charge in [0.25, 0.3) is 5.91 Å². The van der Waals surface area contributed by atoms with Crippen molar-refractivity contribution >= 4 is 46.8 Å². The molecule has 2 amide bonds. The number of thioether (sulfide) groups is 1. The molecule has 0 saturated carbocycles. The van der Waals surface area contributed by atoms with E-state index in [1.165, 1.54) is 12.1 Å². The summed E-state index contributed by atoms with van der Waals surface area (Å²) >= 11 is 13.5. The van der Waals surface area contributed by atoms with Crippen molar-refractivity contribution in [3.63, 3.8) is 0 Å². The summed E-state index contributed by atoms with van der Waals surface area (Å²) in [5.74, 6) is 0.0601. The van der Waals surface area contributed by atoms with E-state index in [2.05, 4.69) is 15.6 Å². The highest BCUT2D eigenvalue weighted by Gasteiger charge is 2.22. The Balaban J connectivity index is 2.03. The van der Waals surface area contributed by atoms with Gasteiger partial charge >= 0.3 is 0 Å². The molecule has 1 atom stereocenters. The van der Waals surface area contributed by atoms with E-state index >= 15 is 0 Å². The molecule has 0 aliphatic heterocycles. The van der Waals surface area contributed by atoms with Crippen molar-refractivity contribution in [2.45, 2.75) is 19.0 Å². The van der Waals surface area contributed by atoms with Crippen LogP contribution in [0.4, 0.5) is 0 Å². The summed E-state index contributed by atoms with van der Waals surface area (Å²) < 4.78 is 0. The average Bonchev–Trinajstić information content (AvgIpc) is 2.63. The van der Waals surface area contributed by atoms with Crippen molar-refractivity contribution in [2.24, 2.45) is 0 Å². The van der Waals surface area contributed by atoms with Crippen LogP contribution in [0, 0.1) is 0 Å². The van der Waals surface area contributed by atoms with Crippen LogP contribution in [-0.4, -0.2) is 34.8 Å². The molecule has 0 unspecified atom stereocenters. The lowest BCUT2D eigenvalue weighted by Crippen LogP contribution is -2.47. The molecular formula is C18H19Cl2N3O2S. The Morgan fingerprint density at radius 1 is 1.23 bits per heavy atom. The van der Waals surface area contributed by atoms with Crippen LogP contribution < -0.4 is 10.6 Å². The van der Waals surface area contributed by atoms with E-state index in [9.17, 15) is 9.59 Å². The first kappa shape index (κ1) is 20.6. The molecule has 2 aromatic rings.